The van der Waals surface area contributed by atoms with Crippen LogP contribution in [-0.4, -0.2) is 70.2 Å². The Hall–Kier alpha value is -1.47. The predicted octanol–water partition coefficient (Wildman–Crippen LogP) is 0.674. The number of rotatable bonds is 6. The summed E-state index contributed by atoms with van der Waals surface area (Å²) in [5, 5.41) is 11.1. The Morgan fingerprint density at radius 1 is 1.27 bits per heavy atom. The second-order valence-electron chi connectivity index (χ2n) is 6.37. The second-order valence-corrected chi connectivity index (χ2v) is 6.37. The molecule has 22 heavy (non-hydrogen) atoms. The summed E-state index contributed by atoms with van der Waals surface area (Å²) in [6, 6.07) is 0.166. The van der Waals surface area contributed by atoms with E-state index in [1.807, 2.05) is 11.5 Å². The zero-order chi connectivity index (χ0) is 16.1. The molecule has 1 amide bonds. The average Bonchev–Trinajstić information content (AvgIpc) is 2.96. The van der Waals surface area contributed by atoms with Crippen molar-refractivity contribution in [3.05, 3.63) is 12.2 Å². The third-order valence-corrected chi connectivity index (χ3v) is 4.17. The lowest BCUT2D eigenvalue weighted by molar-refractivity contribution is -0.122. The Bertz CT molecular complexity index is 478. The van der Waals surface area contributed by atoms with Gasteiger partial charge in [0.25, 0.3) is 0 Å². The van der Waals surface area contributed by atoms with Gasteiger partial charge in [-0.25, -0.2) is 0 Å². The van der Waals surface area contributed by atoms with Crippen LogP contribution < -0.4 is 5.32 Å². The topological polar surface area (TPSA) is 66.3 Å². The smallest absolute Gasteiger partial charge is 0.221 e. The molecule has 1 aromatic heterocycles. The van der Waals surface area contributed by atoms with Gasteiger partial charge in [-0.3, -0.25) is 4.79 Å². The third-order valence-electron chi connectivity index (χ3n) is 4.17. The number of aromatic nitrogens is 3. The summed E-state index contributed by atoms with van der Waals surface area (Å²) in [6.45, 7) is 11.2. The van der Waals surface area contributed by atoms with E-state index in [1.54, 1.807) is 6.33 Å². The molecule has 0 spiro atoms. The molecule has 0 saturated carbocycles. The summed E-state index contributed by atoms with van der Waals surface area (Å²) in [5.74, 6) is 0.882. The van der Waals surface area contributed by atoms with E-state index in [0.29, 0.717) is 6.42 Å². The molecule has 1 fully saturated rings. The fraction of sp³-hybridized carbons (Fsp3) is 0.800. The molecule has 7 heteroatoms. The Balaban J connectivity index is 1.78. The molecule has 2 rings (SSSR count). The zero-order valence-corrected chi connectivity index (χ0v) is 14.1. The van der Waals surface area contributed by atoms with Crippen LogP contribution in [0.2, 0.25) is 0 Å². The molecule has 0 aliphatic carbocycles. The van der Waals surface area contributed by atoms with E-state index in [-0.39, 0.29) is 18.0 Å². The normalized spacial score (nSPS) is 18.6. The molecule has 0 radical (unpaired) electrons. The van der Waals surface area contributed by atoms with Crippen molar-refractivity contribution in [2.45, 2.75) is 39.3 Å². The van der Waals surface area contributed by atoms with Crippen molar-refractivity contribution in [1.29, 1.82) is 0 Å². The summed E-state index contributed by atoms with van der Waals surface area (Å²) in [5.41, 5.74) is 0. The molecule has 0 aromatic carbocycles. The quantitative estimate of drug-likeness (QED) is 0.837. The maximum Gasteiger partial charge on any atom is 0.221 e. The molecule has 1 aliphatic rings. The highest BCUT2D eigenvalue weighted by molar-refractivity contribution is 5.76. The molecule has 0 unspecified atom stereocenters. The minimum atomic E-state index is -0.120. The number of amides is 1. The molecule has 1 N–H and O–H groups in total. The van der Waals surface area contributed by atoms with Crippen LogP contribution in [0.15, 0.2) is 6.33 Å². The monoisotopic (exact) mass is 308 g/mol. The molecule has 2 heterocycles. The van der Waals surface area contributed by atoms with Crippen molar-refractivity contribution in [2.24, 2.45) is 0 Å². The van der Waals surface area contributed by atoms with E-state index in [0.717, 1.165) is 38.5 Å². The Kier molecular flexibility index (Phi) is 5.90. The van der Waals surface area contributed by atoms with Crippen LogP contribution in [0.25, 0.3) is 0 Å². The van der Waals surface area contributed by atoms with Gasteiger partial charge in [0.05, 0.1) is 6.04 Å². The lowest BCUT2D eigenvalue weighted by Crippen LogP contribution is -2.45. The summed E-state index contributed by atoms with van der Waals surface area (Å²) < 4.78 is 1.99. The molecule has 1 aliphatic heterocycles. The van der Waals surface area contributed by atoms with Crippen LogP contribution >= 0.6 is 0 Å². The highest BCUT2D eigenvalue weighted by Crippen LogP contribution is 2.14. The van der Waals surface area contributed by atoms with Crippen LogP contribution in [0.3, 0.4) is 0 Å². The maximum absolute atomic E-state index is 12.1. The summed E-state index contributed by atoms with van der Waals surface area (Å²) in [6.07, 6.45) is 2.25. The number of hydrogen-bond acceptors (Lipinski definition) is 5. The van der Waals surface area contributed by atoms with Crippen LogP contribution in [0.1, 0.15) is 45.1 Å². The highest BCUT2D eigenvalue weighted by Gasteiger charge is 2.18. The maximum atomic E-state index is 12.1. The van der Waals surface area contributed by atoms with E-state index in [1.165, 1.54) is 0 Å². The van der Waals surface area contributed by atoms with Crippen LogP contribution in [0.4, 0.5) is 0 Å². The standard InChI is InChI=1S/C15H28N6O/c1-12(2)21-11-16-18-15(21)13(3)17-14(22)5-6-20-9-7-19(4)8-10-20/h11-13H,5-10H2,1-4H3,(H,17,22)/t13-/m0/s1. The van der Waals surface area contributed by atoms with Gasteiger partial charge in [0.15, 0.2) is 5.82 Å². The molecular formula is C15H28N6O. The van der Waals surface area contributed by atoms with Gasteiger partial charge in [0.2, 0.25) is 5.91 Å². The number of piperazine rings is 1. The van der Waals surface area contributed by atoms with Crippen molar-refractivity contribution >= 4 is 5.91 Å². The molecule has 124 valence electrons. The first-order valence-corrected chi connectivity index (χ1v) is 8.07. The summed E-state index contributed by atoms with van der Waals surface area (Å²) in [4.78, 5) is 16.8. The Morgan fingerprint density at radius 2 is 1.95 bits per heavy atom. The van der Waals surface area contributed by atoms with Crippen LogP contribution in [0.5, 0.6) is 0 Å². The van der Waals surface area contributed by atoms with Crippen LogP contribution in [0, 0.1) is 0 Å². The van der Waals surface area contributed by atoms with Gasteiger partial charge in [0.1, 0.15) is 6.33 Å². The number of carbonyl (C=O) groups excluding carboxylic acids is 1. The molecule has 7 nitrogen and oxygen atoms in total. The molecule has 0 bridgehead atoms. The van der Waals surface area contributed by atoms with E-state index in [2.05, 4.69) is 46.2 Å². The third kappa shape index (κ3) is 4.51. The largest absolute Gasteiger partial charge is 0.346 e. The van der Waals surface area contributed by atoms with Crippen LogP contribution in [-0.2, 0) is 4.79 Å². The van der Waals surface area contributed by atoms with Crippen molar-refractivity contribution in [2.75, 3.05) is 39.8 Å². The van der Waals surface area contributed by atoms with Crippen molar-refractivity contribution in [1.82, 2.24) is 29.9 Å². The lowest BCUT2D eigenvalue weighted by Gasteiger charge is -2.32. The number of carbonyl (C=O) groups is 1. The number of likely N-dealkylation sites (N-methyl/N-ethyl adjacent to an activating group) is 1. The predicted molar refractivity (Wildman–Crippen MR) is 85.5 cm³/mol. The van der Waals surface area contributed by atoms with Gasteiger partial charge in [-0.15, -0.1) is 10.2 Å². The summed E-state index contributed by atoms with van der Waals surface area (Å²) in [7, 11) is 2.14. The Labute approximate surface area is 132 Å². The van der Waals surface area contributed by atoms with Gasteiger partial charge < -0.3 is 19.7 Å². The fourth-order valence-corrected chi connectivity index (χ4v) is 2.67. The highest BCUT2D eigenvalue weighted by atomic mass is 16.1. The van der Waals surface area contributed by atoms with Gasteiger partial charge in [-0.1, -0.05) is 0 Å². The first-order valence-electron chi connectivity index (χ1n) is 8.07. The zero-order valence-electron chi connectivity index (χ0n) is 14.1. The molecular weight excluding hydrogens is 280 g/mol. The van der Waals surface area contributed by atoms with E-state index >= 15 is 0 Å². The average molecular weight is 308 g/mol. The first kappa shape index (κ1) is 16.9. The Morgan fingerprint density at radius 3 is 2.59 bits per heavy atom. The minimum absolute atomic E-state index is 0.0738. The van der Waals surface area contributed by atoms with Gasteiger partial charge in [-0.05, 0) is 27.8 Å². The fourth-order valence-electron chi connectivity index (χ4n) is 2.67. The van der Waals surface area contributed by atoms with E-state index in [4.69, 9.17) is 0 Å². The van der Waals surface area contributed by atoms with Crippen molar-refractivity contribution in [3.63, 3.8) is 0 Å². The SMILES string of the molecule is CC(C)n1cnnc1[C@H](C)NC(=O)CCN1CCN(C)CC1. The molecule has 1 aromatic rings. The van der Waals surface area contributed by atoms with Gasteiger partial charge >= 0.3 is 0 Å². The van der Waals surface area contributed by atoms with Gasteiger partial charge in [0, 0.05) is 45.2 Å². The first-order chi connectivity index (χ1) is 10.5. The lowest BCUT2D eigenvalue weighted by atomic mass is 10.2. The number of nitrogens with one attached hydrogen (secondary N) is 1. The number of hydrogen-bond donors (Lipinski definition) is 1. The second kappa shape index (κ2) is 7.69. The van der Waals surface area contributed by atoms with Gasteiger partial charge in [-0.2, -0.15) is 0 Å². The molecule has 1 atom stereocenters. The van der Waals surface area contributed by atoms with E-state index in [9.17, 15) is 4.79 Å². The summed E-state index contributed by atoms with van der Waals surface area (Å²) >= 11 is 0. The number of nitrogens with zero attached hydrogens (tertiary/aromatic N) is 5. The van der Waals surface area contributed by atoms with E-state index < -0.39 is 0 Å². The van der Waals surface area contributed by atoms with Crippen molar-refractivity contribution < 1.29 is 4.79 Å². The molecule has 1 saturated heterocycles. The van der Waals surface area contributed by atoms with Crippen molar-refractivity contribution in [3.8, 4) is 0 Å². The minimum Gasteiger partial charge on any atom is -0.346 e.